The van der Waals surface area contributed by atoms with Gasteiger partial charge in [0.25, 0.3) is 11.8 Å². The molecule has 0 spiro atoms. The Balaban J connectivity index is 1.75. The van der Waals surface area contributed by atoms with Crippen molar-refractivity contribution in [3.63, 3.8) is 0 Å². The third-order valence-electron chi connectivity index (χ3n) is 5.78. The molecular formula is C26H33N5O5. The standard InChI is InChI=1S/C26H33N5O5/c1-6-18(7-2)28-23(32)20-13-19(30-31-20)16-9-8-10-17(12-16)25-27-14-22(36-25)24(33)29-21(11-15(3)4)26(34)35-5/h8-10,12-15,18,21H,6-7,11H2,1-5H3,(H,28,32)(H,29,33)(H,30,31)/t21-/m0/s1. The number of amides is 2. The number of hydrogen-bond donors (Lipinski definition) is 3. The molecule has 10 heteroatoms. The van der Waals surface area contributed by atoms with Gasteiger partial charge in [-0.25, -0.2) is 9.78 Å². The number of nitrogens with one attached hydrogen (secondary N) is 3. The Morgan fingerprint density at radius 3 is 2.44 bits per heavy atom. The lowest BCUT2D eigenvalue weighted by Gasteiger charge is -2.17. The number of oxazole rings is 1. The molecule has 36 heavy (non-hydrogen) atoms. The van der Waals surface area contributed by atoms with E-state index in [1.165, 1.54) is 13.3 Å². The molecule has 0 saturated heterocycles. The lowest BCUT2D eigenvalue weighted by Crippen LogP contribution is -2.42. The molecule has 0 bridgehead atoms. The predicted octanol–water partition coefficient (Wildman–Crippen LogP) is 3.97. The van der Waals surface area contributed by atoms with E-state index in [2.05, 4.69) is 25.8 Å². The topological polar surface area (TPSA) is 139 Å². The number of carbonyl (C=O) groups is 3. The number of esters is 1. The van der Waals surface area contributed by atoms with Gasteiger partial charge in [0.2, 0.25) is 11.7 Å². The lowest BCUT2D eigenvalue weighted by atomic mass is 10.0. The predicted molar refractivity (Wildman–Crippen MR) is 134 cm³/mol. The first-order valence-electron chi connectivity index (χ1n) is 12.1. The molecule has 0 aliphatic heterocycles. The zero-order valence-corrected chi connectivity index (χ0v) is 21.3. The van der Waals surface area contributed by atoms with Crippen LogP contribution in [0.1, 0.15) is 68.0 Å². The second-order valence-electron chi connectivity index (χ2n) is 8.94. The lowest BCUT2D eigenvalue weighted by molar-refractivity contribution is -0.143. The van der Waals surface area contributed by atoms with Gasteiger partial charge in [0.15, 0.2) is 0 Å². The number of carbonyl (C=O) groups excluding carboxylic acids is 3. The Kier molecular flexibility index (Phi) is 8.99. The van der Waals surface area contributed by atoms with Crippen LogP contribution in [-0.2, 0) is 9.53 Å². The minimum Gasteiger partial charge on any atom is -0.467 e. The van der Waals surface area contributed by atoms with Gasteiger partial charge in [-0.15, -0.1) is 0 Å². The Labute approximate surface area is 210 Å². The summed E-state index contributed by atoms with van der Waals surface area (Å²) in [6.07, 6.45) is 3.45. The number of hydrogen-bond acceptors (Lipinski definition) is 7. The van der Waals surface area contributed by atoms with E-state index in [-0.39, 0.29) is 29.5 Å². The monoisotopic (exact) mass is 495 g/mol. The summed E-state index contributed by atoms with van der Waals surface area (Å²) >= 11 is 0. The molecule has 3 aromatic rings. The van der Waals surface area contributed by atoms with E-state index in [0.717, 1.165) is 18.4 Å². The zero-order chi connectivity index (χ0) is 26.2. The van der Waals surface area contributed by atoms with Crippen molar-refractivity contribution in [3.05, 3.63) is 48.0 Å². The third-order valence-corrected chi connectivity index (χ3v) is 5.78. The van der Waals surface area contributed by atoms with Crippen molar-refractivity contribution in [1.82, 2.24) is 25.8 Å². The zero-order valence-electron chi connectivity index (χ0n) is 21.3. The highest BCUT2D eigenvalue weighted by Crippen LogP contribution is 2.26. The largest absolute Gasteiger partial charge is 0.467 e. The molecule has 0 saturated carbocycles. The molecule has 2 aromatic heterocycles. The summed E-state index contributed by atoms with van der Waals surface area (Å²) in [5, 5.41) is 12.7. The molecule has 0 aliphatic rings. The summed E-state index contributed by atoms with van der Waals surface area (Å²) in [5.74, 6) is -0.880. The van der Waals surface area contributed by atoms with Gasteiger partial charge in [0.1, 0.15) is 11.7 Å². The van der Waals surface area contributed by atoms with Crippen LogP contribution < -0.4 is 10.6 Å². The average molecular weight is 496 g/mol. The van der Waals surface area contributed by atoms with Gasteiger partial charge in [-0.3, -0.25) is 14.7 Å². The van der Waals surface area contributed by atoms with Crippen molar-refractivity contribution in [2.24, 2.45) is 5.92 Å². The minimum absolute atomic E-state index is 0.0202. The maximum atomic E-state index is 12.7. The fraction of sp³-hybridized carbons (Fsp3) is 0.423. The number of H-pyrrole nitrogens is 1. The van der Waals surface area contributed by atoms with Crippen LogP contribution in [0.3, 0.4) is 0 Å². The van der Waals surface area contributed by atoms with Crippen LogP contribution in [0.4, 0.5) is 0 Å². The smallest absolute Gasteiger partial charge is 0.328 e. The molecule has 1 aromatic carbocycles. The van der Waals surface area contributed by atoms with Gasteiger partial charge in [-0.2, -0.15) is 5.10 Å². The van der Waals surface area contributed by atoms with Gasteiger partial charge in [0, 0.05) is 17.2 Å². The first kappa shape index (κ1) is 26.7. The Hall–Kier alpha value is -3.95. The van der Waals surface area contributed by atoms with Crippen LogP contribution in [-0.4, -0.2) is 52.2 Å². The summed E-state index contributed by atoms with van der Waals surface area (Å²) in [7, 11) is 1.28. The van der Waals surface area contributed by atoms with Gasteiger partial charge in [0.05, 0.1) is 19.0 Å². The van der Waals surface area contributed by atoms with Gasteiger partial charge >= 0.3 is 5.97 Å². The molecule has 3 N–H and O–H groups in total. The number of aromatic amines is 1. The third kappa shape index (κ3) is 6.59. The van der Waals surface area contributed by atoms with Crippen molar-refractivity contribution < 1.29 is 23.5 Å². The number of benzene rings is 1. The van der Waals surface area contributed by atoms with Gasteiger partial charge in [-0.1, -0.05) is 39.8 Å². The van der Waals surface area contributed by atoms with Crippen molar-refractivity contribution in [2.45, 2.75) is 59.0 Å². The SMILES string of the molecule is CCC(CC)NC(=O)c1cc(-c2cccc(-c3ncc(C(=O)N[C@@H](CC(C)C)C(=O)OC)o3)c2)n[nH]1. The van der Waals surface area contributed by atoms with Crippen LogP contribution in [0.5, 0.6) is 0 Å². The molecular weight excluding hydrogens is 462 g/mol. The Bertz CT molecular complexity index is 1190. The summed E-state index contributed by atoms with van der Waals surface area (Å²) < 4.78 is 10.5. The van der Waals surface area contributed by atoms with Gasteiger partial charge in [-0.05, 0) is 43.4 Å². The molecule has 0 radical (unpaired) electrons. The van der Waals surface area contributed by atoms with E-state index >= 15 is 0 Å². The maximum Gasteiger partial charge on any atom is 0.328 e. The minimum atomic E-state index is -0.782. The molecule has 10 nitrogen and oxygen atoms in total. The average Bonchev–Trinajstić information content (AvgIpc) is 3.57. The Morgan fingerprint density at radius 2 is 1.78 bits per heavy atom. The number of rotatable bonds is 11. The van der Waals surface area contributed by atoms with Gasteiger partial charge < -0.3 is 19.8 Å². The Morgan fingerprint density at radius 1 is 1.06 bits per heavy atom. The van der Waals surface area contributed by atoms with Crippen LogP contribution in [0.15, 0.2) is 40.9 Å². The maximum absolute atomic E-state index is 12.7. The highest BCUT2D eigenvalue weighted by Gasteiger charge is 2.25. The van der Waals surface area contributed by atoms with Crippen molar-refractivity contribution >= 4 is 17.8 Å². The van der Waals surface area contributed by atoms with Crippen LogP contribution in [0.2, 0.25) is 0 Å². The molecule has 2 amide bonds. The molecule has 192 valence electrons. The summed E-state index contributed by atoms with van der Waals surface area (Å²) in [5.41, 5.74) is 2.34. The summed E-state index contributed by atoms with van der Waals surface area (Å²) in [4.78, 5) is 41.4. The summed E-state index contributed by atoms with van der Waals surface area (Å²) in [6, 6.07) is 8.28. The molecule has 3 rings (SSSR count). The highest BCUT2D eigenvalue weighted by molar-refractivity contribution is 5.95. The molecule has 0 fully saturated rings. The van der Waals surface area contributed by atoms with E-state index in [1.54, 1.807) is 12.1 Å². The number of aromatic nitrogens is 3. The normalized spacial score (nSPS) is 12.0. The fourth-order valence-corrected chi connectivity index (χ4v) is 3.72. The number of methoxy groups -OCH3 is 1. The number of nitrogens with zero attached hydrogens (tertiary/aromatic N) is 2. The van der Waals surface area contributed by atoms with E-state index in [1.807, 2.05) is 45.9 Å². The molecule has 2 heterocycles. The first-order chi connectivity index (χ1) is 17.2. The van der Waals surface area contributed by atoms with Crippen molar-refractivity contribution in [2.75, 3.05) is 7.11 Å². The number of ether oxygens (including phenoxy) is 1. The second-order valence-corrected chi connectivity index (χ2v) is 8.94. The van der Waals surface area contributed by atoms with Crippen LogP contribution in [0.25, 0.3) is 22.7 Å². The fourth-order valence-electron chi connectivity index (χ4n) is 3.72. The molecule has 0 unspecified atom stereocenters. The van der Waals surface area contributed by atoms with Crippen molar-refractivity contribution in [3.8, 4) is 22.7 Å². The van der Waals surface area contributed by atoms with E-state index in [4.69, 9.17) is 9.15 Å². The quantitative estimate of drug-likeness (QED) is 0.342. The second kappa shape index (κ2) is 12.1. The van der Waals surface area contributed by atoms with Crippen LogP contribution >= 0.6 is 0 Å². The van der Waals surface area contributed by atoms with Crippen LogP contribution in [0, 0.1) is 5.92 Å². The summed E-state index contributed by atoms with van der Waals surface area (Å²) in [6.45, 7) is 7.95. The first-order valence-corrected chi connectivity index (χ1v) is 12.1. The van der Waals surface area contributed by atoms with Crippen molar-refractivity contribution in [1.29, 1.82) is 0 Å². The van der Waals surface area contributed by atoms with E-state index in [0.29, 0.717) is 23.4 Å². The van der Waals surface area contributed by atoms with E-state index < -0.39 is 17.9 Å². The molecule has 0 aliphatic carbocycles. The van der Waals surface area contributed by atoms with E-state index in [9.17, 15) is 14.4 Å². The highest BCUT2D eigenvalue weighted by atomic mass is 16.5. The molecule has 1 atom stereocenters.